The van der Waals surface area contributed by atoms with Crippen LogP contribution in [0.3, 0.4) is 0 Å². The minimum Gasteiger partial charge on any atom is -0.462 e. The number of nitrogens with zero attached hydrogens (tertiary/aromatic N) is 1. The summed E-state index contributed by atoms with van der Waals surface area (Å²) in [4.78, 5) is 27.4. The van der Waals surface area contributed by atoms with Crippen molar-refractivity contribution >= 4 is 54.0 Å². The van der Waals surface area contributed by atoms with Crippen molar-refractivity contribution in [2.75, 3.05) is 17.5 Å². The summed E-state index contributed by atoms with van der Waals surface area (Å²) in [5.41, 5.74) is 2.41. The number of benzene rings is 2. The average molecular weight is 577 g/mol. The zero-order valence-electron chi connectivity index (χ0n) is 19.5. The fourth-order valence-corrected chi connectivity index (χ4v) is 7.39. The highest BCUT2D eigenvalue weighted by Gasteiger charge is 2.36. The predicted octanol–water partition coefficient (Wildman–Crippen LogP) is 5.95. The first-order valence-electron chi connectivity index (χ1n) is 11.4. The lowest BCUT2D eigenvalue weighted by atomic mass is 9.95. The molecule has 184 valence electrons. The molecule has 0 bridgehead atoms. The number of anilines is 1. The SMILES string of the molecule is CCOC(=O)c1c(N(CC(=O)c2ccc(Br)cc2)S(=O)(=O)c2ccc(C)cc2)sc2c1CCCC2. The summed E-state index contributed by atoms with van der Waals surface area (Å²) in [6.07, 6.45) is 3.33. The minimum absolute atomic E-state index is 0.0629. The van der Waals surface area contributed by atoms with Crippen LogP contribution >= 0.6 is 27.3 Å². The maximum atomic E-state index is 13.9. The number of Topliss-reactive ketones (excluding diaryl/α,β-unsaturated/α-hetero) is 1. The number of ketones is 1. The largest absolute Gasteiger partial charge is 0.462 e. The molecule has 0 atom stereocenters. The summed E-state index contributed by atoms with van der Waals surface area (Å²) < 4.78 is 35.1. The van der Waals surface area contributed by atoms with Crippen molar-refractivity contribution < 1.29 is 22.7 Å². The van der Waals surface area contributed by atoms with Gasteiger partial charge in [0.1, 0.15) is 5.00 Å². The van der Waals surface area contributed by atoms with Gasteiger partial charge in [-0.25, -0.2) is 17.5 Å². The fraction of sp³-hybridized carbons (Fsp3) is 0.308. The first-order valence-corrected chi connectivity index (χ1v) is 14.5. The number of hydrogen-bond donors (Lipinski definition) is 0. The Labute approximate surface area is 218 Å². The number of aryl methyl sites for hydroxylation is 2. The van der Waals surface area contributed by atoms with Crippen LogP contribution in [0, 0.1) is 6.92 Å². The maximum absolute atomic E-state index is 13.9. The standard InChI is InChI=1S/C26H26BrNO5S2/c1-3-33-26(30)24-21-6-4-5-7-23(21)34-25(24)28(16-22(29)18-10-12-19(27)13-11-18)35(31,32)20-14-8-17(2)9-15-20/h8-15H,3-7,16H2,1-2H3. The molecule has 4 rings (SSSR count). The summed E-state index contributed by atoms with van der Waals surface area (Å²) in [5, 5.41) is 0.251. The van der Waals surface area contributed by atoms with Gasteiger partial charge < -0.3 is 4.74 Å². The Morgan fingerprint density at radius 3 is 2.34 bits per heavy atom. The lowest BCUT2D eigenvalue weighted by Crippen LogP contribution is -2.36. The summed E-state index contributed by atoms with van der Waals surface area (Å²) in [7, 11) is -4.15. The minimum atomic E-state index is -4.15. The van der Waals surface area contributed by atoms with Crippen LogP contribution in [0.4, 0.5) is 5.00 Å². The molecule has 1 heterocycles. The van der Waals surface area contributed by atoms with Crippen molar-refractivity contribution in [3.8, 4) is 0 Å². The van der Waals surface area contributed by atoms with Gasteiger partial charge in [0.15, 0.2) is 5.78 Å². The molecule has 1 aromatic heterocycles. The third-order valence-electron chi connectivity index (χ3n) is 5.92. The highest BCUT2D eigenvalue weighted by molar-refractivity contribution is 9.10. The molecule has 1 aliphatic carbocycles. The molecule has 0 aliphatic heterocycles. The van der Waals surface area contributed by atoms with Gasteiger partial charge in [0.2, 0.25) is 0 Å². The molecule has 9 heteroatoms. The van der Waals surface area contributed by atoms with E-state index in [1.807, 2.05) is 6.92 Å². The second-order valence-corrected chi connectivity index (χ2v) is 12.2. The second-order valence-electron chi connectivity index (χ2n) is 8.37. The molecule has 6 nitrogen and oxygen atoms in total. The normalized spacial score (nSPS) is 13.2. The topological polar surface area (TPSA) is 80.8 Å². The molecule has 0 N–H and O–H groups in total. The number of sulfonamides is 1. The number of thiophene rings is 1. The van der Waals surface area contributed by atoms with Gasteiger partial charge in [-0.3, -0.25) is 4.79 Å². The molecule has 0 amide bonds. The number of fused-ring (bicyclic) bond motifs is 1. The van der Waals surface area contributed by atoms with E-state index in [-0.39, 0.29) is 27.9 Å². The van der Waals surface area contributed by atoms with E-state index in [1.54, 1.807) is 43.3 Å². The molecule has 0 fully saturated rings. The maximum Gasteiger partial charge on any atom is 0.341 e. The molecule has 0 saturated carbocycles. The molecular weight excluding hydrogens is 550 g/mol. The number of halogens is 1. The van der Waals surface area contributed by atoms with Crippen LogP contribution < -0.4 is 4.31 Å². The first kappa shape index (κ1) is 25.6. The Bertz CT molecular complexity index is 1350. The van der Waals surface area contributed by atoms with E-state index in [2.05, 4.69) is 15.9 Å². The Morgan fingerprint density at radius 2 is 1.69 bits per heavy atom. The monoisotopic (exact) mass is 575 g/mol. The predicted molar refractivity (Wildman–Crippen MR) is 141 cm³/mol. The van der Waals surface area contributed by atoms with E-state index >= 15 is 0 Å². The molecule has 0 radical (unpaired) electrons. The first-order chi connectivity index (χ1) is 16.7. The van der Waals surface area contributed by atoms with Gasteiger partial charge in [-0.1, -0.05) is 45.8 Å². The van der Waals surface area contributed by atoms with Crippen molar-refractivity contribution in [2.24, 2.45) is 0 Å². The summed E-state index contributed by atoms with van der Waals surface area (Å²) in [5.74, 6) is -0.920. The van der Waals surface area contributed by atoms with Gasteiger partial charge in [0.25, 0.3) is 10.0 Å². The lowest BCUT2D eigenvalue weighted by Gasteiger charge is -2.24. The number of carbonyl (C=O) groups is 2. The molecular formula is C26H26BrNO5S2. The van der Waals surface area contributed by atoms with E-state index in [0.29, 0.717) is 12.0 Å². The van der Waals surface area contributed by atoms with Crippen molar-refractivity contribution in [1.82, 2.24) is 0 Å². The van der Waals surface area contributed by atoms with Crippen molar-refractivity contribution in [3.05, 3.63) is 80.1 Å². The third-order valence-corrected chi connectivity index (χ3v) is 9.64. The lowest BCUT2D eigenvalue weighted by molar-refractivity contribution is 0.0526. The van der Waals surface area contributed by atoms with Crippen LogP contribution in [0.5, 0.6) is 0 Å². The summed E-state index contributed by atoms with van der Waals surface area (Å²) in [6, 6.07) is 13.3. The van der Waals surface area contributed by atoms with Crippen LogP contribution in [-0.2, 0) is 27.6 Å². The quantitative estimate of drug-likeness (QED) is 0.245. The number of hydrogen-bond acceptors (Lipinski definition) is 6. The van der Waals surface area contributed by atoms with Gasteiger partial charge >= 0.3 is 5.97 Å². The van der Waals surface area contributed by atoms with Gasteiger partial charge in [0, 0.05) is 14.9 Å². The van der Waals surface area contributed by atoms with Gasteiger partial charge in [-0.15, -0.1) is 11.3 Å². The summed E-state index contributed by atoms with van der Waals surface area (Å²) >= 11 is 4.63. The number of ether oxygens (including phenoxy) is 1. The second kappa shape index (κ2) is 10.6. The van der Waals surface area contributed by atoms with Gasteiger partial charge in [-0.05, 0) is 69.4 Å². The average Bonchev–Trinajstić information content (AvgIpc) is 3.22. The number of esters is 1. The molecule has 0 spiro atoms. The highest BCUT2D eigenvalue weighted by Crippen LogP contribution is 2.42. The van der Waals surface area contributed by atoms with Gasteiger partial charge in [0.05, 0.1) is 23.6 Å². The zero-order valence-corrected chi connectivity index (χ0v) is 22.8. The van der Waals surface area contributed by atoms with Crippen LogP contribution in [0.1, 0.15) is 56.5 Å². The van der Waals surface area contributed by atoms with E-state index < -0.39 is 22.5 Å². The Morgan fingerprint density at radius 1 is 1.03 bits per heavy atom. The van der Waals surface area contributed by atoms with Crippen LogP contribution in [0.15, 0.2) is 57.9 Å². The van der Waals surface area contributed by atoms with Crippen molar-refractivity contribution in [2.45, 2.75) is 44.4 Å². The molecule has 2 aromatic carbocycles. The van der Waals surface area contributed by atoms with Crippen LogP contribution in [-0.4, -0.2) is 33.3 Å². The highest BCUT2D eigenvalue weighted by atomic mass is 79.9. The van der Waals surface area contributed by atoms with E-state index in [0.717, 1.165) is 44.0 Å². The molecule has 0 unspecified atom stereocenters. The molecule has 0 saturated heterocycles. The van der Waals surface area contributed by atoms with E-state index in [9.17, 15) is 18.0 Å². The Kier molecular flexibility index (Phi) is 7.78. The Hall–Kier alpha value is -2.49. The van der Waals surface area contributed by atoms with Crippen LogP contribution in [0.2, 0.25) is 0 Å². The van der Waals surface area contributed by atoms with E-state index in [1.165, 1.54) is 23.5 Å². The molecule has 1 aliphatic rings. The summed E-state index contributed by atoms with van der Waals surface area (Å²) in [6.45, 7) is 3.33. The number of carbonyl (C=O) groups excluding carboxylic acids is 2. The van der Waals surface area contributed by atoms with Crippen molar-refractivity contribution in [1.29, 1.82) is 0 Å². The Balaban J connectivity index is 1.87. The smallest absolute Gasteiger partial charge is 0.341 e. The number of rotatable bonds is 8. The van der Waals surface area contributed by atoms with Gasteiger partial charge in [-0.2, -0.15) is 0 Å². The van der Waals surface area contributed by atoms with Crippen molar-refractivity contribution in [3.63, 3.8) is 0 Å². The molecule has 3 aromatic rings. The zero-order chi connectivity index (χ0) is 25.2. The van der Waals surface area contributed by atoms with E-state index in [4.69, 9.17) is 4.74 Å². The third kappa shape index (κ3) is 5.37. The molecule has 35 heavy (non-hydrogen) atoms. The fourth-order valence-electron chi connectivity index (χ4n) is 4.10. The van der Waals surface area contributed by atoms with Crippen LogP contribution in [0.25, 0.3) is 0 Å².